The van der Waals surface area contributed by atoms with Crippen molar-refractivity contribution >= 4 is 33.7 Å². The van der Waals surface area contributed by atoms with Crippen LogP contribution in [0, 0.1) is 40.3 Å². The van der Waals surface area contributed by atoms with E-state index in [1.165, 1.54) is 12.1 Å². The van der Waals surface area contributed by atoms with Gasteiger partial charge in [0.05, 0.1) is 34.9 Å². The van der Waals surface area contributed by atoms with Crippen LogP contribution in [0.15, 0.2) is 29.2 Å². The van der Waals surface area contributed by atoms with Gasteiger partial charge in [-0.15, -0.1) is 0 Å². The Morgan fingerprint density at radius 2 is 1.50 bits per heavy atom. The Labute approximate surface area is 291 Å². The van der Waals surface area contributed by atoms with Crippen molar-refractivity contribution < 1.29 is 32.0 Å². The average molecular weight is 711 g/mol. The van der Waals surface area contributed by atoms with Crippen LogP contribution in [0.4, 0.5) is 4.39 Å². The Balaban J connectivity index is 0.000000187. The number of fused-ring (bicyclic) bond motifs is 4. The molecule has 1 aromatic rings. The zero-order valence-corrected chi connectivity index (χ0v) is 29.1. The smallest absolute Gasteiger partial charge is 0.243 e. The minimum atomic E-state index is -3.98. The summed E-state index contributed by atoms with van der Waals surface area (Å²) in [5.41, 5.74) is 0. The fraction of sp³-hybridized carbons (Fsp3) is 0.647. The van der Waals surface area contributed by atoms with Gasteiger partial charge in [-0.25, -0.2) is 12.8 Å². The molecule has 0 aliphatic carbocycles. The van der Waals surface area contributed by atoms with E-state index >= 15 is 0 Å². The van der Waals surface area contributed by atoms with Crippen LogP contribution in [0.5, 0.6) is 0 Å². The second-order valence-electron chi connectivity index (χ2n) is 14.2. The van der Waals surface area contributed by atoms with Crippen molar-refractivity contribution in [1.82, 2.24) is 29.2 Å². The van der Waals surface area contributed by atoms with Gasteiger partial charge in [0.2, 0.25) is 33.7 Å². The summed E-state index contributed by atoms with van der Waals surface area (Å²) in [7, 11) is -3.98. The van der Waals surface area contributed by atoms with Gasteiger partial charge in [0, 0.05) is 51.4 Å². The number of benzene rings is 1. The molecule has 1 N–H and O–H groups in total. The van der Waals surface area contributed by atoms with E-state index in [1.807, 2.05) is 11.8 Å². The van der Waals surface area contributed by atoms with E-state index in [4.69, 9.17) is 5.26 Å². The summed E-state index contributed by atoms with van der Waals surface area (Å²) in [4.78, 5) is 56.6. The lowest BCUT2D eigenvalue weighted by molar-refractivity contribution is -0.140. The number of nitrogens with one attached hydrogen (secondary N) is 1. The third-order valence-corrected chi connectivity index (χ3v) is 12.8. The lowest BCUT2D eigenvalue weighted by Gasteiger charge is -2.35. The van der Waals surface area contributed by atoms with Crippen molar-refractivity contribution in [2.45, 2.75) is 93.5 Å². The molecule has 4 bridgehead atoms. The van der Waals surface area contributed by atoms with E-state index in [-0.39, 0.29) is 71.7 Å². The maximum absolute atomic E-state index is 13.5. The van der Waals surface area contributed by atoms with E-state index in [0.29, 0.717) is 32.5 Å². The van der Waals surface area contributed by atoms with Gasteiger partial charge in [-0.05, 0) is 56.7 Å². The monoisotopic (exact) mass is 710 g/mol. The Morgan fingerprint density at radius 3 is 2.00 bits per heavy atom. The molecule has 0 aromatic heterocycles. The maximum atomic E-state index is 13.5. The molecule has 1 aromatic carbocycles. The number of sulfonamides is 1. The van der Waals surface area contributed by atoms with Crippen LogP contribution in [-0.2, 0) is 29.2 Å². The van der Waals surface area contributed by atoms with Crippen molar-refractivity contribution in [2.75, 3.05) is 39.3 Å². The van der Waals surface area contributed by atoms with Crippen molar-refractivity contribution in [3.05, 3.63) is 30.1 Å². The molecule has 6 heterocycles. The maximum Gasteiger partial charge on any atom is 0.243 e. The number of likely N-dealkylation sites (tertiary alicyclic amines) is 4. The summed E-state index contributed by atoms with van der Waals surface area (Å²) >= 11 is 0. The number of nitrogens with zero attached hydrogens (tertiary/aromatic N) is 7. The lowest BCUT2D eigenvalue weighted by Crippen LogP contribution is -2.54. The minimum absolute atomic E-state index is 0.0117. The molecule has 0 spiro atoms. The zero-order valence-electron chi connectivity index (χ0n) is 28.3. The molecule has 0 radical (unpaired) electrons. The molecule has 0 saturated carbocycles. The normalized spacial score (nSPS) is 29.9. The number of carbonyl (C=O) groups excluding carboxylic acids is 4. The van der Waals surface area contributed by atoms with Crippen LogP contribution >= 0.6 is 0 Å². The lowest BCUT2D eigenvalue weighted by atomic mass is 10.1. The zero-order chi connectivity index (χ0) is 35.9. The summed E-state index contributed by atoms with van der Waals surface area (Å²) in [6.07, 6.45) is 4.34. The second kappa shape index (κ2) is 14.2. The van der Waals surface area contributed by atoms with Gasteiger partial charge in [0.25, 0.3) is 0 Å². The van der Waals surface area contributed by atoms with Crippen LogP contribution in [0.2, 0.25) is 0 Å². The quantitative estimate of drug-likeness (QED) is 0.406. The molecule has 6 saturated heterocycles. The van der Waals surface area contributed by atoms with E-state index in [1.54, 1.807) is 21.6 Å². The highest BCUT2D eigenvalue weighted by molar-refractivity contribution is 7.89. The molecule has 6 aliphatic heterocycles. The SMILES string of the molecule is C[C@@H](CN1C(=O)[C@@H]2C[C@H]1CN2)C(=O)N1CCC[C@H]1C#N.C[C@@H](CN1C(=O)[C@@H]2C[C@H]1CN2S(=O)(=O)c1cccc(F)c1)C(=O)N1CCC[C@H]1C#N. The molecule has 50 heavy (non-hydrogen) atoms. The van der Waals surface area contributed by atoms with Gasteiger partial charge in [0.15, 0.2) is 0 Å². The first-order chi connectivity index (χ1) is 23.8. The molecule has 6 fully saturated rings. The first-order valence-corrected chi connectivity index (χ1v) is 18.8. The number of hydrogen-bond donors (Lipinski definition) is 1. The molecule has 6 aliphatic rings. The van der Waals surface area contributed by atoms with Gasteiger partial charge in [0.1, 0.15) is 23.9 Å². The minimum Gasteiger partial charge on any atom is -0.336 e. The average Bonchev–Trinajstić information content (AvgIpc) is 3.96. The summed E-state index contributed by atoms with van der Waals surface area (Å²) in [5.74, 6) is -1.71. The van der Waals surface area contributed by atoms with Crippen molar-refractivity contribution in [2.24, 2.45) is 11.8 Å². The first-order valence-electron chi connectivity index (χ1n) is 17.4. The van der Waals surface area contributed by atoms with Crippen LogP contribution in [-0.4, -0.2) is 131 Å². The number of amides is 4. The van der Waals surface area contributed by atoms with E-state index < -0.39 is 33.8 Å². The van der Waals surface area contributed by atoms with Gasteiger partial charge < -0.3 is 24.9 Å². The standard InChI is InChI=1S/C20H23FN4O4S.C14H20N4O2/c1-13(19(26)23-7-3-5-15(23)10-22)11-24-16-9-18(20(24)27)25(12-16)30(28,29)17-6-2-4-14(21)8-17;1-9(13(19)17-4-2-3-10(17)6-15)8-18-11-5-12(14(18)20)16-7-11/h2,4,6,8,13,15-16,18H,3,5,7,9,11-12H2,1H3;9-12,16H,2-5,7-8H2,1H3/t13-,15-,16-,18-;9-,10-,11-,12-/m00/s1. The summed E-state index contributed by atoms with van der Waals surface area (Å²) in [6, 6.07) is 7.45. The Hall–Kier alpha value is -4.12. The predicted molar refractivity (Wildman–Crippen MR) is 175 cm³/mol. The summed E-state index contributed by atoms with van der Waals surface area (Å²) < 4.78 is 40.4. The Kier molecular flexibility index (Phi) is 10.2. The summed E-state index contributed by atoms with van der Waals surface area (Å²) in [6.45, 7) is 6.44. The van der Waals surface area contributed by atoms with E-state index in [9.17, 15) is 37.2 Å². The van der Waals surface area contributed by atoms with Crippen LogP contribution in [0.1, 0.15) is 52.4 Å². The Bertz CT molecular complexity index is 1730. The Morgan fingerprint density at radius 1 is 0.920 bits per heavy atom. The number of halogens is 1. The first kappa shape index (κ1) is 35.7. The van der Waals surface area contributed by atoms with Crippen molar-refractivity contribution in [3.63, 3.8) is 0 Å². The number of piperazine rings is 2. The van der Waals surface area contributed by atoms with Gasteiger partial charge in [-0.2, -0.15) is 14.8 Å². The van der Waals surface area contributed by atoms with Gasteiger partial charge in [-0.3, -0.25) is 19.2 Å². The van der Waals surface area contributed by atoms with Crippen LogP contribution in [0.25, 0.3) is 0 Å². The molecule has 7 rings (SSSR count). The summed E-state index contributed by atoms with van der Waals surface area (Å²) in [5, 5.41) is 21.4. The van der Waals surface area contributed by atoms with E-state index in [0.717, 1.165) is 48.7 Å². The number of carbonyl (C=O) groups is 4. The number of nitriles is 2. The molecule has 8 atom stereocenters. The van der Waals surface area contributed by atoms with Gasteiger partial charge in [-0.1, -0.05) is 19.9 Å². The molecule has 16 heteroatoms. The highest BCUT2D eigenvalue weighted by Gasteiger charge is 2.54. The number of hydrogen-bond acceptors (Lipinski definition) is 9. The van der Waals surface area contributed by atoms with Crippen molar-refractivity contribution in [1.29, 1.82) is 10.5 Å². The fourth-order valence-corrected chi connectivity index (χ4v) is 9.94. The van der Waals surface area contributed by atoms with E-state index in [2.05, 4.69) is 17.5 Å². The van der Waals surface area contributed by atoms with Crippen LogP contribution in [0.3, 0.4) is 0 Å². The largest absolute Gasteiger partial charge is 0.336 e. The molecule has 4 amide bonds. The van der Waals surface area contributed by atoms with Crippen molar-refractivity contribution in [3.8, 4) is 12.1 Å². The van der Waals surface area contributed by atoms with Gasteiger partial charge >= 0.3 is 0 Å². The molecule has 268 valence electrons. The second-order valence-corrected chi connectivity index (χ2v) is 16.1. The molecule has 0 unspecified atom stereocenters. The fourth-order valence-electron chi connectivity index (χ4n) is 8.28. The third-order valence-electron chi connectivity index (χ3n) is 10.9. The number of rotatable bonds is 8. The van der Waals surface area contributed by atoms with Crippen LogP contribution < -0.4 is 5.32 Å². The molecule has 14 nitrogen and oxygen atoms in total. The predicted octanol–water partition coefficient (Wildman–Crippen LogP) is 0.660. The topological polar surface area (TPSA) is 178 Å². The molecular formula is C34H43FN8O6S. The third kappa shape index (κ3) is 6.56. The highest BCUT2D eigenvalue weighted by Crippen LogP contribution is 2.37. The molecular weight excluding hydrogens is 667 g/mol. The highest BCUT2D eigenvalue weighted by atomic mass is 32.2.